The Morgan fingerprint density at radius 3 is 2.74 bits per heavy atom. The summed E-state index contributed by atoms with van der Waals surface area (Å²) >= 11 is 6.33. The zero-order valence-corrected chi connectivity index (χ0v) is 11.9. The number of nitrogens with zero attached hydrogens (tertiary/aromatic N) is 1. The minimum atomic E-state index is 0.0573. The first kappa shape index (κ1) is 13.8. The van der Waals surface area contributed by atoms with Gasteiger partial charge in [-0.25, -0.2) is 0 Å². The Morgan fingerprint density at radius 2 is 2.11 bits per heavy atom. The van der Waals surface area contributed by atoms with Gasteiger partial charge in [0.25, 0.3) is 0 Å². The second kappa shape index (κ2) is 5.57. The van der Waals surface area contributed by atoms with Crippen molar-refractivity contribution in [2.45, 2.75) is 26.2 Å². The van der Waals surface area contributed by atoms with Gasteiger partial charge in [-0.15, -0.1) is 0 Å². The maximum absolute atomic E-state index is 12.1. The Kier molecular flexibility index (Phi) is 4.05. The SMILES string of the molecule is CN=C(C1=C(N)CCCC1=O)c1cccc(C)c1Cl. The summed E-state index contributed by atoms with van der Waals surface area (Å²) in [5.74, 6) is 0.0573. The average Bonchev–Trinajstić information content (AvgIpc) is 2.38. The number of rotatable bonds is 2. The zero-order valence-electron chi connectivity index (χ0n) is 11.2. The predicted molar refractivity (Wildman–Crippen MR) is 78.7 cm³/mol. The number of hydrogen-bond acceptors (Lipinski definition) is 3. The third-order valence-corrected chi connectivity index (χ3v) is 3.86. The van der Waals surface area contributed by atoms with Gasteiger partial charge in [0.2, 0.25) is 0 Å². The molecule has 0 saturated heterocycles. The lowest BCUT2D eigenvalue weighted by molar-refractivity contribution is -0.115. The highest BCUT2D eigenvalue weighted by Gasteiger charge is 2.25. The van der Waals surface area contributed by atoms with E-state index in [-0.39, 0.29) is 5.78 Å². The van der Waals surface area contributed by atoms with Crippen molar-refractivity contribution in [3.63, 3.8) is 0 Å². The van der Waals surface area contributed by atoms with E-state index in [9.17, 15) is 4.79 Å². The molecule has 1 aliphatic rings. The summed E-state index contributed by atoms with van der Waals surface area (Å²) in [6, 6.07) is 5.71. The van der Waals surface area contributed by atoms with E-state index in [4.69, 9.17) is 17.3 Å². The van der Waals surface area contributed by atoms with Gasteiger partial charge in [0.1, 0.15) is 0 Å². The number of ketones is 1. The molecule has 0 spiro atoms. The Balaban J connectivity index is 2.58. The summed E-state index contributed by atoms with van der Waals surface area (Å²) < 4.78 is 0. The van der Waals surface area contributed by atoms with Gasteiger partial charge in [0.15, 0.2) is 5.78 Å². The van der Waals surface area contributed by atoms with Crippen LogP contribution in [0.4, 0.5) is 0 Å². The van der Waals surface area contributed by atoms with Gasteiger partial charge in [-0.2, -0.15) is 0 Å². The Hall–Kier alpha value is -1.61. The monoisotopic (exact) mass is 276 g/mol. The molecule has 1 aliphatic carbocycles. The van der Waals surface area contributed by atoms with E-state index in [2.05, 4.69) is 4.99 Å². The molecule has 3 nitrogen and oxygen atoms in total. The lowest BCUT2D eigenvalue weighted by Crippen LogP contribution is -2.24. The van der Waals surface area contributed by atoms with Crippen molar-refractivity contribution in [3.8, 4) is 0 Å². The van der Waals surface area contributed by atoms with Gasteiger partial charge in [-0.3, -0.25) is 9.79 Å². The van der Waals surface area contributed by atoms with Crippen molar-refractivity contribution in [1.29, 1.82) is 0 Å². The second-order valence-electron chi connectivity index (χ2n) is 4.69. The first-order valence-electron chi connectivity index (χ1n) is 6.30. The van der Waals surface area contributed by atoms with Crippen LogP contribution in [0.15, 0.2) is 34.5 Å². The van der Waals surface area contributed by atoms with Crippen molar-refractivity contribution in [3.05, 3.63) is 45.6 Å². The molecular formula is C15H17ClN2O. The van der Waals surface area contributed by atoms with Crippen LogP contribution in [0.2, 0.25) is 5.02 Å². The quantitative estimate of drug-likeness (QED) is 0.844. The van der Waals surface area contributed by atoms with E-state index in [0.717, 1.165) is 24.0 Å². The van der Waals surface area contributed by atoms with Crippen molar-refractivity contribution in [2.24, 2.45) is 10.7 Å². The number of carbonyl (C=O) groups is 1. The number of aryl methyl sites for hydroxylation is 1. The third kappa shape index (κ3) is 2.56. The van der Waals surface area contributed by atoms with Crippen LogP contribution in [0.3, 0.4) is 0 Å². The molecule has 2 N–H and O–H groups in total. The fourth-order valence-electron chi connectivity index (χ4n) is 2.35. The molecule has 0 amide bonds. The molecule has 0 heterocycles. The van der Waals surface area contributed by atoms with E-state index in [1.54, 1.807) is 7.05 Å². The van der Waals surface area contributed by atoms with E-state index >= 15 is 0 Å². The van der Waals surface area contributed by atoms with Gasteiger partial charge in [-0.1, -0.05) is 29.8 Å². The van der Waals surface area contributed by atoms with Crippen molar-refractivity contribution in [1.82, 2.24) is 0 Å². The highest BCUT2D eigenvalue weighted by atomic mass is 35.5. The standard InChI is InChI=1S/C15H17ClN2O/c1-9-5-3-6-10(14(9)16)15(18-2)13-11(17)7-4-8-12(13)19/h3,5-6H,4,7-8,17H2,1-2H3. The number of halogens is 1. The predicted octanol–water partition coefficient (Wildman–Crippen LogP) is 3.03. The van der Waals surface area contributed by atoms with E-state index in [1.807, 2.05) is 25.1 Å². The highest BCUT2D eigenvalue weighted by Crippen LogP contribution is 2.27. The molecular weight excluding hydrogens is 260 g/mol. The second-order valence-corrected chi connectivity index (χ2v) is 5.06. The first-order chi connectivity index (χ1) is 9.06. The molecule has 0 atom stereocenters. The van der Waals surface area contributed by atoms with Crippen LogP contribution in [0.25, 0.3) is 0 Å². The number of hydrogen-bond donors (Lipinski definition) is 1. The number of benzene rings is 1. The first-order valence-corrected chi connectivity index (χ1v) is 6.68. The van der Waals surface area contributed by atoms with Gasteiger partial charge in [-0.05, 0) is 25.3 Å². The summed E-state index contributed by atoms with van der Waals surface area (Å²) in [6.45, 7) is 1.93. The normalized spacial score (nSPS) is 17.0. The fourth-order valence-corrected chi connectivity index (χ4v) is 2.57. The van der Waals surface area contributed by atoms with Crippen LogP contribution in [0.5, 0.6) is 0 Å². The molecule has 1 aromatic rings. The topological polar surface area (TPSA) is 55.4 Å². The van der Waals surface area contributed by atoms with Crippen LogP contribution >= 0.6 is 11.6 Å². The molecule has 0 radical (unpaired) electrons. The zero-order chi connectivity index (χ0) is 14.0. The maximum Gasteiger partial charge on any atom is 0.166 e. The van der Waals surface area contributed by atoms with Gasteiger partial charge in [0.05, 0.1) is 16.3 Å². The van der Waals surface area contributed by atoms with E-state index in [1.165, 1.54) is 0 Å². The van der Waals surface area contributed by atoms with Gasteiger partial charge < -0.3 is 5.73 Å². The summed E-state index contributed by atoms with van der Waals surface area (Å²) in [6.07, 6.45) is 2.08. The number of allylic oxidation sites excluding steroid dienone is 2. The smallest absolute Gasteiger partial charge is 0.166 e. The van der Waals surface area contributed by atoms with Gasteiger partial charge in [0, 0.05) is 24.7 Å². The number of carbonyl (C=O) groups excluding carboxylic acids is 1. The highest BCUT2D eigenvalue weighted by molar-refractivity contribution is 6.39. The molecule has 1 aromatic carbocycles. The van der Waals surface area contributed by atoms with Crippen LogP contribution in [0.1, 0.15) is 30.4 Å². The van der Waals surface area contributed by atoms with Crippen molar-refractivity contribution < 1.29 is 4.79 Å². The minimum Gasteiger partial charge on any atom is -0.401 e. The van der Waals surface area contributed by atoms with Crippen molar-refractivity contribution >= 4 is 23.1 Å². The Bertz CT molecular complexity index is 588. The number of nitrogens with two attached hydrogens (primary N) is 1. The summed E-state index contributed by atoms with van der Waals surface area (Å²) in [5, 5.41) is 0.627. The molecule has 0 saturated carbocycles. The summed E-state index contributed by atoms with van der Waals surface area (Å²) in [7, 11) is 1.66. The largest absolute Gasteiger partial charge is 0.401 e. The van der Waals surface area contributed by atoms with Crippen LogP contribution in [0, 0.1) is 6.92 Å². The molecule has 2 rings (SSSR count). The average molecular weight is 277 g/mol. The third-order valence-electron chi connectivity index (χ3n) is 3.36. The Morgan fingerprint density at radius 1 is 1.37 bits per heavy atom. The van der Waals surface area contributed by atoms with Crippen LogP contribution < -0.4 is 5.73 Å². The van der Waals surface area contributed by atoms with Crippen LogP contribution in [-0.4, -0.2) is 18.5 Å². The van der Waals surface area contributed by atoms with Crippen LogP contribution in [-0.2, 0) is 4.79 Å². The maximum atomic E-state index is 12.1. The number of aliphatic imine (C=N–C) groups is 1. The summed E-state index contributed by atoms with van der Waals surface area (Å²) in [5.41, 5.74) is 9.51. The minimum absolute atomic E-state index is 0.0573. The van der Waals surface area contributed by atoms with E-state index < -0.39 is 0 Å². The van der Waals surface area contributed by atoms with E-state index in [0.29, 0.717) is 28.4 Å². The molecule has 0 aromatic heterocycles. The Labute approximate surface area is 118 Å². The molecule has 100 valence electrons. The number of Topliss-reactive ketones (excluding diaryl/α,β-unsaturated/α-hetero) is 1. The molecule has 4 heteroatoms. The van der Waals surface area contributed by atoms with Gasteiger partial charge >= 0.3 is 0 Å². The fraction of sp³-hybridized carbons (Fsp3) is 0.333. The van der Waals surface area contributed by atoms with Crippen molar-refractivity contribution in [2.75, 3.05) is 7.05 Å². The lowest BCUT2D eigenvalue weighted by Gasteiger charge is -2.19. The molecule has 0 aliphatic heterocycles. The molecule has 19 heavy (non-hydrogen) atoms. The summed E-state index contributed by atoms with van der Waals surface area (Å²) in [4.78, 5) is 16.4. The molecule has 0 fully saturated rings. The molecule has 0 unspecified atom stereocenters. The molecule has 0 bridgehead atoms. The lowest BCUT2D eigenvalue weighted by atomic mass is 9.88.